The van der Waals surface area contributed by atoms with E-state index in [9.17, 15) is 4.79 Å². The molecule has 1 rings (SSSR count). The van der Waals surface area contributed by atoms with Crippen LogP contribution in [0.15, 0.2) is 0 Å². The maximum Gasteiger partial charge on any atom is 0.306 e. The second-order valence-corrected chi connectivity index (χ2v) is 3.75. The summed E-state index contributed by atoms with van der Waals surface area (Å²) < 4.78 is 4.54. The van der Waals surface area contributed by atoms with Crippen LogP contribution in [-0.4, -0.2) is 18.3 Å². The van der Waals surface area contributed by atoms with Crippen molar-refractivity contribution in [2.45, 2.75) is 25.0 Å². The Bertz CT molecular complexity index is 158. The predicted octanol–water partition coefficient (Wildman–Crippen LogP) is 1.26. The Morgan fingerprint density at radius 3 is 2.70 bits per heavy atom. The molecular weight excluding hydrogens is 148 g/mol. The van der Waals surface area contributed by atoms with Gasteiger partial charge in [0.15, 0.2) is 0 Å². The van der Waals surface area contributed by atoms with Gasteiger partial charge in [-0.1, -0.05) is 6.92 Å². The van der Waals surface area contributed by atoms with Crippen molar-refractivity contribution in [2.24, 2.45) is 5.41 Å². The number of thiol groups is 1. The van der Waals surface area contributed by atoms with Crippen molar-refractivity contribution in [2.75, 3.05) is 7.11 Å². The molecule has 0 N–H and O–H groups in total. The minimum atomic E-state index is -0.126. The molecule has 2 nitrogen and oxygen atoms in total. The Morgan fingerprint density at radius 2 is 2.40 bits per heavy atom. The summed E-state index contributed by atoms with van der Waals surface area (Å²) in [7, 11) is 1.42. The second kappa shape index (κ2) is 2.46. The average molecular weight is 160 g/mol. The number of carbonyl (C=O) groups is 1. The van der Waals surface area contributed by atoms with E-state index in [2.05, 4.69) is 24.3 Å². The number of hydrogen-bond donors (Lipinski definition) is 1. The third kappa shape index (κ3) is 1.45. The summed E-state index contributed by atoms with van der Waals surface area (Å²) >= 11 is 4.26. The number of esters is 1. The third-order valence-corrected chi connectivity index (χ3v) is 2.89. The molecule has 0 aromatic carbocycles. The van der Waals surface area contributed by atoms with Gasteiger partial charge in [0.1, 0.15) is 0 Å². The molecule has 0 saturated heterocycles. The minimum Gasteiger partial charge on any atom is -0.469 e. The Labute approximate surface area is 66.4 Å². The number of methoxy groups -OCH3 is 1. The lowest BCUT2D eigenvalue weighted by Gasteiger charge is -2.05. The zero-order valence-electron chi connectivity index (χ0n) is 6.26. The number of rotatable bonds is 2. The summed E-state index contributed by atoms with van der Waals surface area (Å²) in [5.74, 6) is -0.126. The van der Waals surface area contributed by atoms with E-state index in [0.29, 0.717) is 11.7 Å². The van der Waals surface area contributed by atoms with Crippen molar-refractivity contribution in [3.63, 3.8) is 0 Å². The summed E-state index contributed by atoms with van der Waals surface area (Å²) in [6.07, 6.45) is 1.54. The van der Waals surface area contributed by atoms with Crippen molar-refractivity contribution in [3.05, 3.63) is 0 Å². The van der Waals surface area contributed by atoms with Crippen molar-refractivity contribution in [3.8, 4) is 0 Å². The molecule has 2 atom stereocenters. The molecule has 0 amide bonds. The molecule has 58 valence electrons. The van der Waals surface area contributed by atoms with E-state index in [1.54, 1.807) is 0 Å². The molecular formula is C7H12O2S. The first-order valence-corrected chi connectivity index (χ1v) is 3.85. The van der Waals surface area contributed by atoms with Gasteiger partial charge in [0, 0.05) is 5.25 Å². The quantitative estimate of drug-likeness (QED) is 0.486. The van der Waals surface area contributed by atoms with Crippen molar-refractivity contribution in [1.82, 2.24) is 0 Å². The van der Waals surface area contributed by atoms with Crippen molar-refractivity contribution < 1.29 is 9.53 Å². The Hall–Kier alpha value is -0.180. The van der Waals surface area contributed by atoms with Gasteiger partial charge in [-0.05, 0) is 11.8 Å². The lowest BCUT2D eigenvalue weighted by atomic mass is 10.1. The van der Waals surface area contributed by atoms with Gasteiger partial charge in [0.25, 0.3) is 0 Å². The van der Waals surface area contributed by atoms with Gasteiger partial charge in [-0.3, -0.25) is 4.79 Å². The first-order chi connectivity index (χ1) is 4.58. The smallest absolute Gasteiger partial charge is 0.306 e. The molecule has 2 unspecified atom stereocenters. The van der Waals surface area contributed by atoms with Crippen LogP contribution >= 0.6 is 12.6 Å². The fourth-order valence-electron chi connectivity index (χ4n) is 0.975. The molecule has 1 saturated carbocycles. The maximum absolute atomic E-state index is 10.8. The van der Waals surface area contributed by atoms with E-state index in [0.717, 1.165) is 6.42 Å². The first-order valence-electron chi connectivity index (χ1n) is 3.33. The van der Waals surface area contributed by atoms with Crippen LogP contribution in [0.1, 0.15) is 19.8 Å². The van der Waals surface area contributed by atoms with Crippen LogP contribution in [0.2, 0.25) is 0 Å². The summed E-state index contributed by atoms with van der Waals surface area (Å²) in [6.45, 7) is 2.06. The lowest BCUT2D eigenvalue weighted by molar-refractivity contribution is -0.141. The number of hydrogen-bond acceptors (Lipinski definition) is 3. The zero-order chi connectivity index (χ0) is 7.78. The molecule has 0 heterocycles. The Balaban J connectivity index is 2.33. The normalized spacial score (nSPS) is 37.3. The van der Waals surface area contributed by atoms with Gasteiger partial charge in [0.2, 0.25) is 0 Å². The van der Waals surface area contributed by atoms with Gasteiger partial charge in [0.05, 0.1) is 13.5 Å². The zero-order valence-corrected chi connectivity index (χ0v) is 7.15. The second-order valence-electron chi connectivity index (χ2n) is 3.13. The van der Waals surface area contributed by atoms with Crippen LogP contribution in [0.25, 0.3) is 0 Å². The molecule has 0 bridgehead atoms. The monoisotopic (exact) mass is 160 g/mol. The average Bonchev–Trinajstić information content (AvgIpc) is 2.40. The van der Waals surface area contributed by atoms with Crippen LogP contribution < -0.4 is 0 Å². The van der Waals surface area contributed by atoms with Gasteiger partial charge in [-0.25, -0.2) is 0 Å². The minimum absolute atomic E-state index is 0.121. The molecule has 0 radical (unpaired) electrons. The summed E-state index contributed by atoms with van der Waals surface area (Å²) in [4.78, 5) is 10.8. The molecule has 3 heteroatoms. The number of carbonyl (C=O) groups excluding carboxylic acids is 1. The molecule has 10 heavy (non-hydrogen) atoms. The molecule has 0 aliphatic heterocycles. The van der Waals surface area contributed by atoms with E-state index in [1.165, 1.54) is 7.11 Å². The molecule has 0 spiro atoms. The number of ether oxygens (including phenoxy) is 1. The van der Waals surface area contributed by atoms with E-state index in [4.69, 9.17) is 0 Å². The highest BCUT2D eigenvalue weighted by molar-refractivity contribution is 7.81. The van der Waals surface area contributed by atoms with Gasteiger partial charge < -0.3 is 4.74 Å². The third-order valence-electron chi connectivity index (χ3n) is 2.08. The van der Waals surface area contributed by atoms with Gasteiger partial charge in [-0.15, -0.1) is 0 Å². The fourth-order valence-corrected chi connectivity index (χ4v) is 1.48. The topological polar surface area (TPSA) is 26.3 Å². The molecule has 1 aliphatic carbocycles. The molecule has 1 aliphatic rings. The fraction of sp³-hybridized carbons (Fsp3) is 0.857. The van der Waals surface area contributed by atoms with Crippen molar-refractivity contribution >= 4 is 18.6 Å². The largest absolute Gasteiger partial charge is 0.469 e. The van der Waals surface area contributed by atoms with Gasteiger partial charge in [-0.2, -0.15) is 12.6 Å². The van der Waals surface area contributed by atoms with Crippen LogP contribution in [0.3, 0.4) is 0 Å². The standard InChI is InChI=1S/C7H12O2S/c1-7(3-5(7)10)4-6(8)9-2/h5,10H,3-4H2,1-2H3. The highest BCUT2D eigenvalue weighted by atomic mass is 32.1. The molecule has 0 aromatic rings. The molecule has 0 aromatic heterocycles. The van der Waals surface area contributed by atoms with Crippen LogP contribution in [0, 0.1) is 5.41 Å². The van der Waals surface area contributed by atoms with Crippen molar-refractivity contribution in [1.29, 1.82) is 0 Å². The van der Waals surface area contributed by atoms with Gasteiger partial charge >= 0.3 is 5.97 Å². The lowest BCUT2D eigenvalue weighted by Crippen LogP contribution is -2.09. The highest BCUT2D eigenvalue weighted by Gasteiger charge is 2.49. The summed E-state index contributed by atoms with van der Waals surface area (Å²) in [6, 6.07) is 0. The molecule has 1 fully saturated rings. The van der Waals surface area contributed by atoms with E-state index in [1.807, 2.05) is 0 Å². The first kappa shape index (κ1) is 7.92. The van der Waals surface area contributed by atoms with E-state index < -0.39 is 0 Å². The highest BCUT2D eigenvalue weighted by Crippen LogP contribution is 2.52. The summed E-state index contributed by atoms with van der Waals surface area (Å²) in [5, 5.41) is 0.395. The predicted molar refractivity (Wildman–Crippen MR) is 42.1 cm³/mol. The van der Waals surface area contributed by atoms with E-state index >= 15 is 0 Å². The SMILES string of the molecule is COC(=O)CC1(C)CC1S. The maximum atomic E-state index is 10.8. The summed E-state index contributed by atoms with van der Waals surface area (Å²) in [5.41, 5.74) is 0.121. The Morgan fingerprint density at radius 1 is 1.90 bits per heavy atom. The van der Waals surface area contributed by atoms with E-state index in [-0.39, 0.29) is 11.4 Å². The van der Waals surface area contributed by atoms with Crippen LogP contribution in [0.5, 0.6) is 0 Å². The Kier molecular flexibility index (Phi) is 1.95. The van der Waals surface area contributed by atoms with Crippen LogP contribution in [-0.2, 0) is 9.53 Å². The van der Waals surface area contributed by atoms with Crippen LogP contribution in [0.4, 0.5) is 0 Å².